The van der Waals surface area contributed by atoms with E-state index in [0.717, 1.165) is 18.4 Å². The predicted molar refractivity (Wildman–Crippen MR) is 70.3 cm³/mol. The highest BCUT2D eigenvalue weighted by Crippen LogP contribution is 2.35. The lowest BCUT2D eigenvalue weighted by atomic mass is 10.2. The summed E-state index contributed by atoms with van der Waals surface area (Å²) < 4.78 is 26.8. The van der Waals surface area contributed by atoms with Gasteiger partial charge in [-0.3, -0.25) is 0 Å². The van der Waals surface area contributed by atoms with Crippen molar-refractivity contribution >= 4 is 10.0 Å². The number of nitrogens with two attached hydrogens (primary N) is 1. The highest BCUT2D eigenvalue weighted by atomic mass is 32.2. The predicted octanol–water partition coefficient (Wildman–Crippen LogP) is 0.828. The summed E-state index contributed by atoms with van der Waals surface area (Å²) in [6, 6.07) is 6.50. The quantitative estimate of drug-likeness (QED) is 0.794. The molecule has 0 unspecified atom stereocenters. The van der Waals surface area contributed by atoms with E-state index in [4.69, 9.17) is 5.73 Å². The molecule has 18 heavy (non-hydrogen) atoms. The summed E-state index contributed by atoms with van der Waals surface area (Å²) >= 11 is 0. The van der Waals surface area contributed by atoms with Crippen LogP contribution in [0, 0.1) is 11.8 Å². The molecule has 0 aliphatic heterocycles. The smallest absolute Gasteiger partial charge is 0.241 e. The van der Waals surface area contributed by atoms with Gasteiger partial charge in [-0.25, -0.2) is 13.1 Å². The van der Waals surface area contributed by atoms with E-state index in [9.17, 15) is 8.42 Å². The third-order valence-electron chi connectivity index (χ3n) is 2.88. The number of hydrogen-bond donors (Lipinski definition) is 2. The lowest BCUT2D eigenvalue weighted by Gasteiger charge is -2.11. The number of rotatable bonds is 3. The molecule has 1 aliphatic carbocycles. The molecule has 5 heteroatoms. The van der Waals surface area contributed by atoms with Crippen LogP contribution in [0.4, 0.5) is 0 Å². The van der Waals surface area contributed by atoms with Gasteiger partial charge in [0.15, 0.2) is 0 Å². The van der Waals surface area contributed by atoms with Crippen LogP contribution < -0.4 is 10.5 Å². The monoisotopic (exact) mass is 264 g/mol. The van der Waals surface area contributed by atoms with Gasteiger partial charge in [-0.2, -0.15) is 0 Å². The molecule has 2 rings (SSSR count). The molecular formula is C13H16N2O2S. The summed E-state index contributed by atoms with van der Waals surface area (Å²) in [6.07, 6.45) is 1.79. The molecule has 0 saturated heterocycles. The molecule has 0 radical (unpaired) electrons. The van der Waals surface area contributed by atoms with Crippen LogP contribution in [-0.2, 0) is 10.0 Å². The van der Waals surface area contributed by atoms with E-state index in [1.165, 1.54) is 0 Å². The zero-order chi connectivity index (χ0) is 13.2. The van der Waals surface area contributed by atoms with Crippen molar-refractivity contribution in [2.24, 2.45) is 5.73 Å². The van der Waals surface area contributed by atoms with E-state index in [1.807, 2.05) is 6.92 Å². The summed E-state index contributed by atoms with van der Waals surface area (Å²) in [6.45, 7) is 2.20. The van der Waals surface area contributed by atoms with Crippen LogP contribution in [0.3, 0.4) is 0 Å². The van der Waals surface area contributed by atoms with Crippen molar-refractivity contribution in [3.63, 3.8) is 0 Å². The van der Waals surface area contributed by atoms with Crippen LogP contribution in [0.25, 0.3) is 0 Å². The molecule has 0 heterocycles. The van der Waals surface area contributed by atoms with E-state index in [1.54, 1.807) is 24.3 Å². The maximum atomic E-state index is 12.0. The molecule has 1 saturated carbocycles. The molecule has 0 spiro atoms. The Balaban J connectivity index is 2.18. The Hall–Kier alpha value is -1.35. The average Bonchev–Trinajstić information content (AvgIpc) is 3.03. The number of nitrogens with one attached hydrogen (secondary N) is 1. The second-order valence-corrected chi connectivity index (χ2v) is 6.38. The van der Waals surface area contributed by atoms with Crippen LogP contribution in [-0.4, -0.2) is 20.5 Å². The second kappa shape index (κ2) is 4.73. The number of benzene rings is 1. The topological polar surface area (TPSA) is 72.2 Å². The van der Waals surface area contributed by atoms with Gasteiger partial charge in [0.05, 0.1) is 11.4 Å². The summed E-state index contributed by atoms with van der Waals surface area (Å²) in [5.41, 5.74) is 5.78. The van der Waals surface area contributed by atoms with Crippen molar-refractivity contribution in [2.75, 3.05) is 6.54 Å². The lowest BCUT2D eigenvalue weighted by Crippen LogP contribution is -2.34. The van der Waals surface area contributed by atoms with E-state index in [0.29, 0.717) is 6.54 Å². The average molecular weight is 264 g/mol. The SMILES string of the molecule is CC1(NS(=O)(=O)c2ccc(C#CCN)cc2)CC1. The molecule has 4 nitrogen and oxygen atoms in total. The van der Waals surface area contributed by atoms with Crippen LogP contribution in [0.2, 0.25) is 0 Å². The maximum absolute atomic E-state index is 12.0. The molecule has 1 aliphatic rings. The molecule has 0 amide bonds. The van der Waals surface area contributed by atoms with Crippen molar-refractivity contribution in [3.05, 3.63) is 29.8 Å². The Kier molecular flexibility index (Phi) is 3.44. The van der Waals surface area contributed by atoms with Crippen molar-refractivity contribution in [2.45, 2.75) is 30.2 Å². The molecular weight excluding hydrogens is 248 g/mol. The molecule has 0 bridgehead atoms. The maximum Gasteiger partial charge on any atom is 0.241 e. The molecule has 0 aromatic heterocycles. The van der Waals surface area contributed by atoms with Crippen molar-refractivity contribution < 1.29 is 8.42 Å². The van der Waals surface area contributed by atoms with Gasteiger partial charge in [-0.05, 0) is 44.0 Å². The van der Waals surface area contributed by atoms with Gasteiger partial charge in [0.1, 0.15) is 0 Å². The summed E-state index contributed by atoms with van der Waals surface area (Å²) in [5, 5.41) is 0. The van der Waals surface area contributed by atoms with Gasteiger partial charge in [0, 0.05) is 11.1 Å². The van der Waals surface area contributed by atoms with Crippen LogP contribution >= 0.6 is 0 Å². The van der Waals surface area contributed by atoms with Gasteiger partial charge in [0.2, 0.25) is 10.0 Å². The third-order valence-corrected chi connectivity index (χ3v) is 4.53. The zero-order valence-electron chi connectivity index (χ0n) is 10.2. The highest BCUT2D eigenvalue weighted by Gasteiger charge is 2.41. The van der Waals surface area contributed by atoms with Crippen molar-refractivity contribution in [1.29, 1.82) is 0 Å². The van der Waals surface area contributed by atoms with Crippen LogP contribution in [0.15, 0.2) is 29.2 Å². The fraction of sp³-hybridized carbons (Fsp3) is 0.385. The first-order chi connectivity index (χ1) is 8.45. The fourth-order valence-electron chi connectivity index (χ4n) is 1.54. The van der Waals surface area contributed by atoms with Gasteiger partial charge >= 0.3 is 0 Å². The van der Waals surface area contributed by atoms with E-state index >= 15 is 0 Å². The van der Waals surface area contributed by atoms with Crippen molar-refractivity contribution in [1.82, 2.24) is 4.72 Å². The second-order valence-electron chi connectivity index (χ2n) is 4.70. The van der Waals surface area contributed by atoms with E-state index in [2.05, 4.69) is 16.6 Å². The molecule has 1 fully saturated rings. The first kappa shape index (κ1) is 13.1. The Bertz CT molecular complexity index is 590. The third kappa shape index (κ3) is 3.10. The standard InChI is InChI=1S/C13H16N2O2S/c1-13(8-9-13)15-18(16,17)12-6-4-11(5-7-12)3-2-10-14/h4-7,15H,8-10,14H2,1H3. The normalized spacial score (nSPS) is 16.8. The first-order valence-corrected chi connectivity index (χ1v) is 7.27. The molecule has 0 atom stereocenters. The fourth-order valence-corrected chi connectivity index (χ4v) is 3.01. The number of hydrogen-bond acceptors (Lipinski definition) is 3. The van der Waals surface area contributed by atoms with E-state index < -0.39 is 10.0 Å². The Morgan fingerprint density at radius 3 is 2.44 bits per heavy atom. The Labute approximate surface area is 108 Å². The minimum Gasteiger partial charge on any atom is -0.320 e. The van der Waals surface area contributed by atoms with Gasteiger partial charge in [-0.1, -0.05) is 11.8 Å². The molecule has 96 valence electrons. The largest absolute Gasteiger partial charge is 0.320 e. The van der Waals surface area contributed by atoms with Crippen molar-refractivity contribution in [3.8, 4) is 11.8 Å². The molecule has 3 N–H and O–H groups in total. The van der Waals surface area contributed by atoms with Crippen LogP contribution in [0.1, 0.15) is 25.3 Å². The zero-order valence-corrected chi connectivity index (χ0v) is 11.0. The molecule has 1 aromatic carbocycles. The minimum absolute atomic E-state index is 0.253. The Morgan fingerprint density at radius 2 is 1.94 bits per heavy atom. The number of sulfonamides is 1. The van der Waals surface area contributed by atoms with Gasteiger partial charge in [0.25, 0.3) is 0 Å². The summed E-state index contributed by atoms with van der Waals surface area (Å²) in [5.74, 6) is 5.58. The molecule has 1 aromatic rings. The highest BCUT2D eigenvalue weighted by molar-refractivity contribution is 7.89. The lowest BCUT2D eigenvalue weighted by molar-refractivity contribution is 0.558. The first-order valence-electron chi connectivity index (χ1n) is 5.78. The van der Waals surface area contributed by atoms with E-state index in [-0.39, 0.29) is 10.4 Å². The Morgan fingerprint density at radius 1 is 1.33 bits per heavy atom. The summed E-state index contributed by atoms with van der Waals surface area (Å²) in [7, 11) is -3.42. The summed E-state index contributed by atoms with van der Waals surface area (Å²) in [4.78, 5) is 0.272. The van der Waals surface area contributed by atoms with Crippen LogP contribution in [0.5, 0.6) is 0 Å². The minimum atomic E-state index is -3.42. The van der Waals surface area contributed by atoms with Gasteiger partial charge in [-0.15, -0.1) is 0 Å². The van der Waals surface area contributed by atoms with Gasteiger partial charge < -0.3 is 5.73 Å².